The van der Waals surface area contributed by atoms with E-state index in [4.69, 9.17) is 9.84 Å². The van der Waals surface area contributed by atoms with Crippen LogP contribution in [0.2, 0.25) is 0 Å². The lowest BCUT2D eigenvalue weighted by Crippen LogP contribution is -2.30. The van der Waals surface area contributed by atoms with Gasteiger partial charge in [0.25, 0.3) is 11.6 Å². The number of nitro benzene ring substituents is 1. The van der Waals surface area contributed by atoms with Crippen LogP contribution in [0, 0.1) is 15.9 Å². The molecule has 1 fully saturated rings. The molecule has 1 saturated heterocycles. The molecular weight excluding hydrogens is 287 g/mol. The van der Waals surface area contributed by atoms with Gasteiger partial charge in [-0.05, 0) is 18.9 Å². The fraction of sp³-hybridized carbons (Fsp3) is 0.333. The van der Waals surface area contributed by atoms with Crippen molar-refractivity contribution in [2.24, 2.45) is 0 Å². The third-order valence-corrected chi connectivity index (χ3v) is 3.00. The number of carbonyl (C=O) groups excluding carboxylic acids is 1. The minimum absolute atomic E-state index is 0.165. The van der Waals surface area contributed by atoms with E-state index in [9.17, 15) is 24.1 Å². The van der Waals surface area contributed by atoms with E-state index < -0.39 is 40.5 Å². The Morgan fingerprint density at radius 2 is 2.05 bits per heavy atom. The maximum atomic E-state index is 13.1. The summed E-state index contributed by atoms with van der Waals surface area (Å²) in [5, 5.41) is 21.8. The lowest BCUT2D eigenvalue weighted by molar-refractivity contribution is -0.384. The van der Waals surface area contributed by atoms with Crippen molar-refractivity contribution in [3.8, 4) is 0 Å². The highest BCUT2D eigenvalue weighted by molar-refractivity contribution is 5.96. The molecule has 1 heterocycles. The monoisotopic (exact) mass is 298 g/mol. The Hall–Kier alpha value is -2.55. The van der Waals surface area contributed by atoms with E-state index in [-0.39, 0.29) is 18.5 Å². The van der Waals surface area contributed by atoms with Gasteiger partial charge in [-0.3, -0.25) is 14.9 Å². The number of benzene rings is 1. The summed E-state index contributed by atoms with van der Waals surface area (Å²) in [5.74, 6) is -2.67. The molecule has 1 amide bonds. The average molecular weight is 298 g/mol. The molecule has 0 spiro atoms. The fourth-order valence-electron chi connectivity index (χ4n) is 1.99. The van der Waals surface area contributed by atoms with Gasteiger partial charge in [0.1, 0.15) is 17.6 Å². The summed E-state index contributed by atoms with van der Waals surface area (Å²) >= 11 is 0. The number of nitrogens with zero attached hydrogens (tertiary/aromatic N) is 1. The van der Waals surface area contributed by atoms with Crippen LogP contribution >= 0.6 is 0 Å². The lowest BCUT2D eigenvalue weighted by atomic mass is 10.2. The molecular formula is C12H11FN2O6. The molecule has 0 aliphatic carbocycles. The van der Waals surface area contributed by atoms with Crippen LogP contribution in [0.4, 0.5) is 15.8 Å². The van der Waals surface area contributed by atoms with Crippen LogP contribution in [0.25, 0.3) is 0 Å². The van der Waals surface area contributed by atoms with Crippen LogP contribution in [0.3, 0.4) is 0 Å². The molecule has 1 aliphatic rings. The van der Waals surface area contributed by atoms with Gasteiger partial charge < -0.3 is 15.2 Å². The lowest BCUT2D eigenvalue weighted by Gasteiger charge is -2.12. The maximum absolute atomic E-state index is 13.1. The summed E-state index contributed by atoms with van der Waals surface area (Å²) in [6, 6.07) is 2.65. The molecule has 0 aromatic heterocycles. The Morgan fingerprint density at radius 3 is 2.62 bits per heavy atom. The second kappa shape index (κ2) is 5.83. The molecule has 9 heteroatoms. The number of hydrogen-bond donors (Lipinski definition) is 2. The number of nitro groups is 1. The highest BCUT2D eigenvalue weighted by Crippen LogP contribution is 2.27. The van der Waals surface area contributed by atoms with Gasteiger partial charge in [0, 0.05) is 12.1 Å². The summed E-state index contributed by atoms with van der Waals surface area (Å²) in [6.07, 6.45) is -1.78. The Bertz CT molecular complexity index is 605. The first-order valence-electron chi connectivity index (χ1n) is 6.01. The van der Waals surface area contributed by atoms with Crippen molar-refractivity contribution >= 4 is 23.3 Å². The van der Waals surface area contributed by atoms with E-state index >= 15 is 0 Å². The number of ether oxygens (including phenoxy) is 1. The number of anilines is 1. The predicted octanol–water partition coefficient (Wildman–Crippen LogP) is 1.30. The standard InChI is InChI=1S/C12H11FN2O6/c13-6-1-2-8(15(19)20)7(5-6)14-11(16)9-3-4-10(21-9)12(17)18/h1-2,5,9-10H,3-4H2,(H,14,16)(H,17,18)/t9-,10+/m0/s1. The van der Waals surface area contributed by atoms with Crippen LogP contribution in [-0.2, 0) is 14.3 Å². The first kappa shape index (κ1) is 14.9. The van der Waals surface area contributed by atoms with Crippen molar-refractivity contribution in [3.63, 3.8) is 0 Å². The van der Waals surface area contributed by atoms with Gasteiger partial charge in [0.05, 0.1) is 4.92 Å². The first-order chi connectivity index (χ1) is 9.88. The summed E-state index contributed by atoms with van der Waals surface area (Å²) in [7, 11) is 0. The number of carboxylic acid groups (broad SMARTS) is 1. The summed E-state index contributed by atoms with van der Waals surface area (Å²) in [4.78, 5) is 32.7. The number of nitrogens with one attached hydrogen (secondary N) is 1. The molecule has 21 heavy (non-hydrogen) atoms. The van der Waals surface area contributed by atoms with Gasteiger partial charge in [-0.2, -0.15) is 0 Å². The topological polar surface area (TPSA) is 119 Å². The van der Waals surface area contributed by atoms with Crippen molar-refractivity contribution in [3.05, 3.63) is 34.1 Å². The largest absolute Gasteiger partial charge is 0.479 e. The van der Waals surface area contributed by atoms with Crippen LogP contribution in [0.15, 0.2) is 18.2 Å². The first-order valence-corrected chi connectivity index (χ1v) is 6.01. The third-order valence-electron chi connectivity index (χ3n) is 3.00. The summed E-state index contributed by atoms with van der Waals surface area (Å²) in [6.45, 7) is 0. The van der Waals surface area contributed by atoms with E-state index in [1.165, 1.54) is 0 Å². The molecule has 2 N–H and O–H groups in total. The number of amides is 1. The van der Waals surface area contributed by atoms with Crippen molar-refractivity contribution in [2.45, 2.75) is 25.0 Å². The van der Waals surface area contributed by atoms with Gasteiger partial charge in [-0.15, -0.1) is 0 Å². The highest BCUT2D eigenvalue weighted by atomic mass is 19.1. The summed E-state index contributed by atoms with van der Waals surface area (Å²) in [5.41, 5.74) is -0.759. The van der Waals surface area contributed by atoms with E-state index in [0.717, 1.165) is 18.2 Å². The number of halogens is 1. The predicted molar refractivity (Wildman–Crippen MR) is 67.2 cm³/mol. The zero-order valence-corrected chi connectivity index (χ0v) is 10.6. The van der Waals surface area contributed by atoms with Gasteiger partial charge in [0.15, 0.2) is 6.10 Å². The SMILES string of the molecule is O=C(Nc1cc(F)ccc1[N+](=O)[O-])[C@@H]1CC[C@H](C(=O)O)O1. The van der Waals surface area contributed by atoms with E-state index in [2.05, 4.69) is 5.32 Å². The third kappa shape index (κ3) is 3.31. The minimum atomic E-state index is -1.18. The molecule has 0 saturated carbocycles. The van der Waals surface area contributed by atoms with Crippen molar-refractivity contribution < 1.29 is 28.7 Å². The second-order valence-electron chi connectivity index (χ2n) is 4.44. The van der Waals surface area contributed by atoms with Crippen LogP contribution in [-0.4, -0.2) is 34.1 Å². The molecule has 2 rings (SSSR count). The second-order valence-corrected chi connectivity index (χ2v) is 4.44. The van der Waals surface area contributed by atoms with Crippen molar-refractivity contribution in [1.82, 2.24) is 0 Å². The molecule has 2 atom stereocenters. The van der Waals surface area contributed by atoms with Crippen LogP contribution in [0.5, 0.6) is 0 Å². The van der Waals surface area contributed by atoms with Crippen LogP contribution in [0.1, 0.15) is 12.8 Å². The Balaban J connectivity index is 2.12. The average Bonchev–Trinajstić information content (AvgIpc) is 2.88. The van der Waals surface area contributed by atoms with Gasteiger partial charge in [0.2, 0.25) is 0 Å². The number of hydrogen-bond acceptors (Lipinski definition) is 5. The van der Waals surface area contributed by atoms with Crippen molar-refractivity contribution in [1.29, 1.82) is 0 Å². The van der Waals surface area contributed by atoms with Crippen molar-refractivity contribution in [2.75, 3.05) is 5.32 Å². The van der Waals surface area contributed by atoms with E-state index in [0.29, 0.717) is 0 Å². The Kier molecular flexibility index (Phi) is 4.13. The Labute approximate surface area is 117 Å². The smallest absolute Gasteiger partial charge is 0.332 e. The molecule has 1 aromatic carbocycles. The normalized spacial score (nSPS) is 21.0. The zero-order valence-electron chi connectivity index (χ0n) is 10.6. The number of rotatable bonds is 4. The Morgan fingerprint density at radius 1 is 1.38 bits per heavy atom. The minimum Gasteiger partial charge on any atom is -0.479 e. The fourth-order valence-corrected chi connectivity index (χ4v) is 1.99. The molecule has 112 valence electrons. The molecule has 0 unspecified atom stereocenters. The quantitative estimate of drug-likeness (QED) is 0.639. The van der Waals surface area contributed by atoms with Gasteiger partial charge >= 0.3 is 5.97 Å². The number of carbonyl (C=O) groups is 2. The van der Waals surface area contributed by atoms with Gasteiger partial charge in [-0.1, -0.05) is 0 Å². The molecule has 0 bridgehead atoms. The van der Waals surface area contributed by atoms with E-state index in [1.54, 1.807) is 0 Å². The maximum Gasteiger partial charge on any atom is 0.332 e. The molecule has 1 aromatic rings. The van der Waals surface area contributed by atoms with Gasteiger partial charge in [-0.25, -0.2) is 9.18 Å². The highest BCUT2D eigenvalue weighted by Gasteiger charge is 2.35. The number of aliphatic carboxylic acids is 1. The number of carboxylic acids is 1. The summed E-state index contributed by atoms with van der Waals surface area (Å²) < 4.78 is 18.1. The molecule has 0 radical (unpaired) electrons. The van der Waals surface area contributed by atoms with Crippen LogP contribution < -0.4 is 5.32 Å². The molecule has 1 aliphatic heterocycles. The van der Waals surface area contributed by atoms with E-state index in [1.807, 2.05) is 0 Å². The zero-order chi connectivity index (χ0) is 15.6. The molecule has 8 nitrogen and oxygen atoms in total.